The fourth-order valence-corrected chi connectivity index (χ4v) is 2.57. The van der Waals surface area contributed by atoms with Crippen LogP contribution in [-0.4, -0.2) is 20.9 Å². The Hall–Kier alpha value is -1.74. The van der Waals surface area contributed by atoms with Gasteiger partial charge in [0, 0.05) is 13.6 Å². The van der Waals surface area contributed by atoms with Crippen LogP contribution in [0.1, 0.15) is 10.4 Å². The minimum atomic E-state index is -0.225. The zero-order valence-electron chi connectivity index (χ0n) is 11.2. The summed E-state index contributed by atoms with van der Waals surface area (Å²) in [5.41, 5.74) is 1.44. The molecule has 1 N–H and O–H groups in total. The van der Waals surface area contributed by atoms with Crippen LogP contribution in [0.15, 0.2) is 59.2 Å². The normalized spacial score (nSPS) is 10.5. The molecule has 2 aromatic carbocycles. The van der Waals surface area contributed by atoms with Crippen molar-refractivity contribution < 1.29 is 4.79 Å². The van der Waals surface area contributed by atoms with Gasteiger partial charge in [-0.05, 0) is 68.9 Å². The molecule has 0 aliphatic rings. The highest BCUT2D eigenvalue weighted by molar-refractivity contribution is 14.1. The van der Waals surface area contributed by atoms with Crippen LogP contribution in [0.5, 0.6) is 0 Å². The zero-order valence-corrected chi connectivity index (χ0v) is 14.9. The highest BCUT2D eigenvalue weighted by atomic mass is 127. The Morgan fingerprint density at radius 3 is 2.68 bits per heavy atom. The summed E-state index contributed by atoms with van der Waals surface area (Å²) in [7, 11) is 0. The number of rotatable bonds is 3. The highest BCUT2D eigenvalue weighted by Gasteiger charge is 2.10. The van der Waals surface area contributed by atoms with E-state index >= 15 is 0 Å². The van der Waals surface area contributed by atoms with Crippen LogP contribution < -0.4 is 5.32 Å². The third-order valence-electron chi connectivity index (χ3n) is 2.94. The standard InChI is InChI=1S/C15H10BrIN4O/c16-12-8-10(6-7-13(12)17)15(22)18-14-9-21(20-19-14)11-4-2-1-3-5-11/h1-9H,(H,18,22). The Morgan fingerprint density at radius 2 is 1.95 bits per heavy atom. The number of halogens is 2. The van der Waals surface area contributed by atoms with Crippen LogP contribution in [0.2, 0.25) is 0 Å². The number of anilines is 1. The number of nitrogens with one attached hydrogen (secondary N) is 1. The molecule has 0 aliphatic carbocycles. The predicted octanol–water partition coefficient (Wildman–Crippen LogP) is 3.89. The maximum atomic E-state index is 12.2. The number of carbonyl (C=O) groups is 1. The molecular weight excluding hydrogens is 459 g/mol. The van der Waals surface area contributed by atoms with Gasteiger partial charge in [-0.25, -0.2) is 4.68 Å². The van der Waals surface area contributed by atoms with Gasteiger partial charge in [-0.3, -0.25) is 4.79 Å². The molecule has 3 rings (SSSR count). The molecule has 1 amide bonds. The quantitative estimate of drug-likeness (QED) is 0.593. The minimum Gasteiger partial charge on any atom is -0.304 e. The second-order valence-electron chi connectivity index (χ2n) is 4.47. The van der Waals surface area contributed by atoms with E-state index in [0.717, 1.165) is 13.7 Å². The van der Waals surface area contributed by atoms with Gasteiger partial charge in [0.15, 0.2) is 5.82 Å². The molecular formula is C15H10BrIN4O. The molecule has 1 heterocycles. The molecule has 0 aliphatic heterocycles. The van der Waals surface area contributed by atoms with Crippen molar-refractivity contribution >= 4 is 50.2 Å². The van der Waals surface area contributed by atoms with Gasteiger partial charge in [0.1, 0.15) is 0 Å². The number of nitrogens with zero attached hydrogens (tertiary/aromatic N) is 3. The fraction of sp³-hybridized carbons (Fsp3) is 0. The van der Waals surface area contributed by atoms with Crippen molar-refractivity contribution in [3.8, 4) is 5.69 Å². The summed E-state index contributed by atoms with van der Waals surface area (Å²) in [6, 6.07) is 15.0. The van der Waals surface area contributed by atoms with Crippen molar-refractivity contribution in [3.63, 3.8) is 0 Å². The van der Waals surface area contributed by atoms with E-state index in [9.17, 15) is 4.79 Å². The number of hydrogen-bond acceptors (Lipinski definition) is 3. The Kier molecular flexibility index (Phi) is 4.53. The molecule has 3 aromatic rings. The Balaban J connectivity index is 1.77. The summed E-state index contributed by atoms with van der Waals surface area (Å²) in [5, 5.41) is 10.7. The van der Waals surface area contributed by atoms with Crippen LogP contribution in [0.25, 0.3) is 5.69 Å². The lowest BCUT2D eigenvalue weighted by Crippen LogP contribution is -2.12. The van der Waals surface area contributed by atoms with E-state index in [-0.39, 0.29) is 5.91 Å². The molecule has 0 saturated heterocycles. The molecule has 0 radical (unpaired) electrons. The van der Waals surface area contributed by atoms with Crippen LogP contribution in [-0.2, 0) is 0 Å². The highest BCUT2D eigenvalue weighted by Crippen LogP contribution is 2.20. The van der Waals surface area contributed by atoms with Crippen LogP contribution in [0, 0.1) is 3.57 Å². The molecule has 7 heteroatoms. The molecule has 0 atom stereocenters. The lowest BCUT2D eigenvalue weighted by atomic mass is 10.2. The summed E-state index contributed by atoms with van der Waals surface area (Å²) in [4.78, 5) is 12.2. The van der Waals surface area contributed by atoms with E-state index in [4.69, 9.17) is 0 Å². The van der Waals surface area contributed by atoms with Crippen molar-refractivity contribution in [3.05, 3.63) is 68.3 Å². The average molecular weight is 469 g/mol. The van der Waals surface area contributed by atoms with Gasteiger partial charge < -0.3 is 5.32 Å². The topological polar surface area (TPSA) is 59.8 Å². The maximum Gasteiger partial charge on any atom is 0.256 e. The van der Waals surface area contributed by atoms with Gasteiger partial charge in [-0.15, -0.1) is 5.10 Å². The van der Waals surface area contributed by atoms with Gasteiger partial charge >= 0.3 is 0 Å². The van der Waals surface area contributed by atoms with Crippen molar-refractivity contribution in [2.24, 2.45) is 0 Å². The van der Waals surface area contributed by atoms with Crippen molar-refractivity contribution in [1.29, 1.82) is 0 Å². The summed E-state index contributed by atoms with van der Waals surface area (Å²) in [6.45, 7) is 0. The number of para-hydroxylation sites is 1. The molecule has 0 saturated carbocycles. The first-order chi connectivity index (χ1) is 10.6. The molecule has 22 heavy (non-hydrogen) atoms. The van der Waals surface area contributed by atoms with E-state index in [1.54, 1.807) is 23.0 Å². The van der Waals surface area contributed by atoms with Gasteiger partial charge in [0.05, 0.1) is 11.9 Å². The molecule has 0 fully saturated rings. The smallest absolute Gasteiger partial charge is 0.256 e. The summed E-state index contributed by atoms with van der Waals surface area (Å²) in [5.74, 6) is 0.181. The van der Waals surface area contributed by atoms with E-state index in [1.807, 2.05) is 36.4 Å². The second-order valence-corrected chi connectivity index (χ2v) is 6.48. The first-order valence-corrected chi connectivity index (χ1v) is 8.25. The van der Waals surface area contributed by atoms with Crippen molar-refractivity contribution in [2.45, 2.75) is 0 Å². The fourth-order valence-electron chi connectivity index (χ4n) is 1.85. The number of amides is 1. The first-order valence-electron chi connectivity index (χ1n) is 6.37. The van der Waals surface area contributed by atoms with E-state index < -0.39 is 0 Å². The largest absolute Gasteiger partial charge is 0.304 e. The lowest BCUT2D eigenvalue weighted by Gasteiger charge is -2.03. The molecule has 1 aromatic heterocycles. The SMILES string of the molecule is O=C(Nc1cn(-c2ccccc2)nn1)c1ccc(I)c(Br)c1. The van der Waals surface area contributed by atoms with E-state index in [1.165, 1.54) is 0 Å². The van der Waals surface area contributed by atoms with Gasteiger partial charge in [0.25, 0.3) is 5.91 Å². The molecule has 0 unspecified atom stereocenters. The van der Waals surface area contributed by atoms with Gasteiger partial charge in [-0.1, -0.05) is 23.4 Å². The maximum absolute atomic E-state index is 12.2. The van der Waals surface area contributed by atoms with Crippen LogP contribution in [0.4, 0.5) is 5.82 Å². The number of benzene rings is 2. The lowest BCUT2D eigenvalue weighted by molar-refractivity contribution is 0.102. The van der Waals surface area contributed by atoms with E-state index in [2.05, 4.69) is 54.1 Å². The summed E-state index contributed by atoms with van der Waals surface area (Å²) >= 11 is 5.61. The Bertz CT molecular complexity index is 819. The van der Waals surface area contributed by atoms with Crippen molar-refractivity contribution in [2.75, 3.05) is 5.32 Å². The average Bonchev–Trinajstić information content (AvgIpc) is 2.99. The summed E-state index contributed by atoms with van der Waals surface area (Å²) < 4.78 is 3.54. The van der Waals surface area contributed by atoms with E-state index in [0.29, 0.717) is 11.4 Å². The Morgan fingerprint density at radius 1 is 1.18 bits per heavy atom. The first kappa shape index (κ1) is 15.2. The van der Waals surface area contributed by atoms with Crippen LogP contribution in [0.3, 0.4) is 0 Å². The Labute approximate surface area is 149 Å². The van der Waals surface area contributed by atoms with Gasteiger partial charge in [0.2, 0.25) is 0 Å². The number of carbonyl (C=O) groups excluding carboxylic acids is 1. The third-order valence-corrected chi connectivity index (χ3v) is 5.28. The van der Waals surface area contributed by atoms with Crippen LogP contribution >= 0.6 is 38.5 Å². The van der Waals surface area contributed by atoms with Crippen molar-refractivity contribution in [1.82, 2.24) is 15.0 Å². The van der Waals surface area contributed by atoms with Gasteiger partial charge in [-0.2, -0.15) is 0 Å². The minimum absolute atomic E-state index is 0.225. The second kappa shape index (κ2) is 6.57. The number of aromatic nitrogens is 3. The predicted molar refractivity (Wildman–Crippen MR) is 96.2 cm³/mol. The molecule has 0 spiro atoms. The third kappa shape index (κ3) is 3.36. The zero-order chi connectivity index (χ0) is 15.5. The number of hydrogen-bond donors (Lipinski definition) is 1. The summed E-state index contributed by atoms with van der Waals surface area (Å²) in [6.07, 6.45) is 1.68. The molecule has 110 valence electrons. The molecule has 5 nitrogen and oxygen atoms in total. The monoisotopic (exact) mass is 468 g/mol. The molecule has 0 bridgehead atoms.